The molecule has 0 atom stereocenters. The van der Waals surface area contributed by atoms with Crippen LogP contribution in [0, 0.1) is 0 Å². The molecule has 0 N–H and O–H groups in total. The first-order chi connectivity index (χ1) is 11.6. The molecule has 0 saturated carbocycles. The van der Waals surface area contributed by atoms with Crippen molar-refractivity contribution >= 4 is 28.8 Å². The number of Topliss-reactive ketones (excluding diaryl/α,β-unsaturated/α-hetero) is 1. The van der Waals surface area contributed by atoms with E-state index in [0.29, 0.717) is 11.0 Å². The topological polar surface area (TPSA) is 73.6 Å². The van der Waals surface area contributed by atoms with Gasteiger partial charge in [-0.3, -0.25) is 9.59 Å². The van der Waals surface area contributed by atoms with Crippen LogP contribution >= 0.6 is 0 Å². The quantitative estimate of drug-likeness (QED) is 0.298. The highest BCUT2D eigenvalue weighted by molar-refractivity contribution is 6.30. The van der Waals surface area contributed by atoms with Gasteiger partial charge in [-0.1, -0.05) is 24.3 Å². The molecular weight excluding hydrogens is 308 g/mol. The van der Waals surface area contributed by atoms with Crippen LogP contribution in [0.25, 0.3) is 17.0 Å². The molecule has 0 saturated heterocycles. The van der Waals surface area contributed by atoms with Gasteiger partial charge in [-0.05, 0) is 30.3 Å². The molecule has 1 aliphatic heterocycles. The monoisotopic (exact) mass is 318 g/mol. The van der Waals surface area contributed by atoms with Crippen LogP contribution in [0.4, 0.5) is 0 Å². The Balaban J connectivity index is 1.87. The van der Waals surface area contributed by atoms with Gasteiger partial charge in [-0.15, -0.1) is 0 Å². The van der Waals surface area contributed by atoms with Crippen LogP contribution in [0.15, 0.2) is 69.6 Å². The van der Waals surface area contributed by atoms with Crippen molar-refractivity contribution in [3.63, 3.8) is 0 Å². The van der Waals surface area contributed by atoms with Gasteiger partial charge in [0.05, 0.1) is 16.5 Å². The molecule has 1 aromatic heterocycles. The van der Waals surface area contributed by atoms with E-state index >= 15 is 0 Å². The summed E-state index contributed by atoms with van der Waals surface area (Å²) in [6.45, 7) is 0. The molecule has 24 heavy (non-hydrogen) atoms. The number of ketones is 1. The third-order valence-corrected chi connectivity index (χ3v) is 3.81. The zero-order chi connectivity index (χ0) is 16.7. The average molecular weight is 318 g/mol. The number of benzene rings is 2. The molecule has 1 aliphatic rings. The van der Waals surface area contributed by atoms with Gasteiger partial charge >= 0.3 is 5.97 Å². The summed E-state index contributed by atoms with van der Waals surface area (Å²) in [5.74, 6) is -1.05. The van der Waals surface area contributed by atoms with Gasteiger partial charge in [0.1, 0.15) is 23.2 Å². The number of para-hydroxylation sites is 2. The summed E-state index contributed by atoms with van der Waals surface area (Å²) in [6.07, 6.45) is 2.46. The maximum absolute atomic E-state index is 12.5. The second-order valence-corrected chi connectivity index (χ2v) is 5.29. The zero-order valence-electron chi connectivity index (χ0n) is 12.3. The van der Waals surface area contributed by atoms with Gasteiger partial charge in [-0.2, -0.15) is 0 Å². The zero-order valence-corrected chi connectivity index (χ0v) is 12.3. The van der Waals surface area contributed by atoms with E-state index in [1.54, 1.807) is 48.5 Å². The molecule has 4 rings (SSSR count). The highest BCUT2D eigenvalue weighted by Gasteiger charge is 2.30. The first kappa shape index (κ1) is 14.1. The summed E-state index contributed by atoms with van der Waals surface area (Å²) in [4.78, 5) is 37.1. The third-order valence-electron chi connectivity index (χ3n) is 3.81. The minimum atomic E-state index is -0.786. The van der Waals surface area contributed by atoms with Crippen LogP contribution in [0.5, 0.6) is 5.75 Å². The van der Waals surface area contributed by atoms with Gasteiger partial charge in [0, 0.05) is 0 Å². The lowest BCUT2D eigenvalue weighted by Crippen LogP contribution is -2.25. The number of ether oxygens (including phenoxy) is 1. The second-order valence-electron chi connectivity index (χ2n) is 5.29. The fraction of sp³-hybridized carbons (Fsp3) is 0. The lowest BCUT2D eigenvalue weighted by Gasteiger charge is -2.16. The van der Waals surface area contributed by atoms with E-state index in [1.165, 1.54) is 12.3 Å². The van der Waals surface area contributed by atoms with Gasteiger partial charge in [0.2, 0.25) is 5.78 Å². The molecule has 0 radical (unpaired) electrons. The Morgan fingerprint density at radius 2 is 1.62 bits per heavy atom. The molecule has 0 fully saturated rings. The van der Waals surface area contributed by atoms with Gasteiger partial charge in [-0.25, -0.2) is 4.79 Å². The third kappa shape index (κ3) is 2.14. The smallest absolute Gasteiger partial charge is 0.347 e. The van der Waals surface area contributed by atoms with Crippen LogP contribution in [0.1, 0.15) is 15.9 Å². The Bertz CT molecular complexity index is 1090. The molecule has 0 aliphatic carbocycles. The van der Waals surface area contributed by atoms with Crippen molar-refractivity contribution < 1.29 is 18.7 Å². The first-order valence-corrected chi connectivity index (χ1v) is 7.23. The van der Waals surface area contributed by atoms with Gasteiger partial charge < -0.3 is 9.15 Å². The Labute approximate surface area is 135 Å². The normalized spacial score (nSPS) is 15.4. The fourth-order valence-corrected chi connectivity index (χ4v) is 2.61. The minimum Gasteiger partial charge on any atom is -0.463 e. The van der Waals surface area contributed by atoms with E-state index in [-0.39, 0.29) is 27.9 Å². The predicted molar refractivity (Wildman–Crippen MR) is 86.9 cm³/mol. The van der Waals surface area contributed by atoms with E-state index in [9.17, 15) is 14.4 Å². The molecule has 0 bridgehead atoms. The Hall–Kier alpha value is -3.47. The van der Waals surface area contributed by atoms with Crippen molar-refractivity contribution in [2.45, 2.75) is 0 Å². The second kappa shape index (κ2) is 5.31. The minimum absolute atomic E-state index is 0.119. The molecule has 116 valence electrons. The number of rotatable bonds is 1. The van der Waals surface area contributed by atoms with Gasteiger partial charge in [0.25, 0.3) is 0 Å². The first-order valence-electron chi connectivity index (χ1n) is 7.23. The van der Waals surface area contributed by atoms with E-state index in [1.807, 2.05) is 0 Å². The molecule has 2 heterocycles. The summed E-state index contributed by atoms with van der Waals surface area (Å²) in [5, 5.41) is 0.379. The van der Waals surface area contributed by atoms with Crippen molar-refractivity contribution in [2.75, 3.05) is 0 Å². The van der Waals surface area contributed by atoms with Crippen molar-refractivity contribution in [3.05, 3.63) is 81.7 Å². The van der Waals surface area contributed by atoms with E-state index in [0.717, 1.165) is 0 Å². The summed E-state index contributed by atoms with van der Waals surface area (Å²) >= 11 is 0. The molecule has 0 spiro atoms. The Morgan fingerprint density at radius 1 is 0.875 bits per heavy atom. The standard InChI is InChI=1S/C19H10O5/c20-17-11(10-23-15-7-3-1-5-12(15)17)9-14-18(21)13-6-2-4-8-16(13)24-19(14)22/h1-10H/b14-9+. The lowest BCUT2D eigenvalue weighted by molar-refractivity contribution is -0.130. The molecule has 5 nitrogen and oxygen atoms in total. The van der Waals surface area contributed by atoms with Crippen molar-refractivity contribution in [1.29, 1.82) is 0 Å². The fourth-order valence-electron chi connectivity index (χ4n) is 2.61. The lowest BCUT2D eigenvalue weighted by atomic mass is 9.98. The molecule has 3 aromatic rings. The van der Waals surface area contributed by atoms with E-state index in [4.69, 9.17) is 9.15 Å². The number of hydrogen-bond donors (Lipinski definition) is 0. The van der Waals surface area contributed by atoms with Crippen LogP contribution in [-0.2, 0) is 4.79 Å². The highest BCUT2D eigenvalue weighted by Crippen LogP contribution is 2.28. The molecule has 0 unspecified atom stereocenters. The SMILES string of the molecule is O=C1Oc2ccccc2C(=O)/C1=C\c1coc2ccccc2c1=O. The summed E-state index contributed by atoms with van der Waals surface area (Å²) in [7, 11) is 0. The van der Waals surface area contributed by atoms with Crippen LogP contribution in [0.2, 0.25) is 0 Å². The number of carbonyl (C=O) groups excluding carboxylic acids is 2. The summed E-state index contributed by atoms with van der Waals surface area (Å²) in [5.41, 5.74) is 0.328. The van der Waals surface area contributed by atoms with Crippen LogP contribution in [0.3, 0.4) is 0 Å². The maximum atomic E-state index is 12.5. The van der Waals surface area contributed by atoms with Crippen molar-refractivity contribution in [1.82, 2.24) is 0 Å². The predicted octanol–water partition coefficient (Wildman–Crippen LogP) is 2.98. The number of esters is 1. The number of fused-ring (bicyclic) bond motifs is 2. The summed E-state index contributed by atoms with van der Waals surface area (Å²) in [6, 6.07) is 13.2. The Kier molecular flexibility index (Phi) is 3.13. The highest BCUT2D eigenvalue weighted by atomic mass is 16.5. The van der Waals surface area contributed by atoms with Crippen LogP contribution < -0.4 is 10.2 Å². The van der Waals surface area contributed by atoms with Crippen molar-refractivity contribution in [2.24, 2.45) is 0 Å². The Morgan fingerprint density at radius 3 is 2.50 bits per heavy atom. The molecule has 0 amide bonds. The number of hydrogen-bond acceptors (Lipinski definition) is 5. The number of carbonyl (C=O) groups is 2. The van der Waals surface area contributed by atoms with E-state index < -0.39 is 11.8 Å². The molecule has 2 aromatic carbocycles. The molecular formula is C19H10O5. The van der Waals surface area contributed by atoms with Crippen LogP contribution in [-0.4, -0.2) is 11.8 Å². The molecule has 5 heteroatoms. The maximum Gasteiger partial charge on any atom is 0.347 e. The van der Waals surface area contributed by atoms with Gasteiger partial charge in [0.15, 0.2) is 5.43 Å². The van der Waals surface area contributed by atoms with E-state index in [2.05, 4.69) is 0 Å². The van der Waals surface area contributed by atoms with Crippen molar-refractivity contribution in [3.8, 4) is 5.75 Å². The largest absolute Gasteiger partial charge is 0.463 e. The average Bonchev–Trinajstić information content (AvgIpc) is 2.60. The summed E-state index contributed by atoms with van der Waals surface area (Å²) < 4.78 is 10.6.